The van der Waals surface area contributed by atoms with Crippen LogP contribution < -0.4 is 26.1 Å². The van der Waals surface area contributed by atoms with Gasteiger partial charge in [-0.1, -0.05) is 0 Å². The number of hydrogen-bond donors (Lipinski definition) is 3. The third-order valence-corrected chi connectivity index (χ3v) is 2.15. The minimum Gasteiger partial charge on any atom is -0.494 e. The van der Waals surface area contributed by atoms with Gasteiger partial charge >= 0.3 is 11.8 Å². The second kappa shape index (κ2) is 7.22. The van der Waals surface area contributed by atoms with E-state index in [0.717, 1.165) is 0 Å². The average Bonchev–Trinajstić information content (AvgIpc) is 2.41. The van der Waals surface area contributed by atoms with Crippen molar-refractivity contribution in [2.24, 2.45) is 5.84 Å². The van der Waals surface area contributed by atoms with E-state index in [1.54, 1.807) is 23.6 Å². The van der Waals surface area contributed by atoms with Crippen molar-refractivity contribution in [1.29, 1.82) is 0 Å². The molecule has 0 aliphatic rings. The smallest absolute Gasteiger partial charge is 0.323 e. The van der Waals surface area contributed by atoms with Crippen LogP contribution in [0.15, 0.2) is 18.2 Å². The first-order valence-corrected chi connectivity index (χ1v) is 5.83. The zero-order valence-corrected chi connectivity index (χ0v) is 10.9. The normalized spacial score (nSPS) is 9.63. The molecule has 2 amide bonds. The molecule has 0 aliphatic carbocycles. The molecule has 0 aromatic heterocycles. The van der Waals surface area contributed by atoms with Crippen molar-refractivity contribution < 1.29 is 19.1 Å². The Kier molecular flexibility index (Phi) is 5.62. The van der Waals surface area contributed by atoms with Gasteiger partial charge in [0, 0.05) is 6.07 Å². The third kappa shape index (κ3) is 4.14. The van der Waals surface area contributed by atoms with Gasteiger partial charge in [0.1, 0.15) is 11.5 Å². The minimum absolute atomic E-state index is 0.349. The summed E-state index contributed by atoms with van der Waals surface area (Å²) >= 11 is 0. The summed E-state index contributed by atoms with van der Waals surface area (Å²) in [5.74, 6) is 4.08. The number of anilines is 1. The standard InChI is InChI=1S/C12H17N3O4/c1-3-18-8-5-6-10(19-4-2)9(7-8)14-11(16)12(17)15-13/h5-7H,3-4,13H2,1-2H3,(H,14,16)(H,15,17). The number of carbonyl (C=O) groups is 2. The summed E-state index contributed by atoms with van der Waals surface area (Å²) in [6.45, 7) is 4.58. The Bertz CT molecular complexity index is 462. The van der Waals surface area contributed by atoms with Crippen molar-refractivity contribution in [3.8, 4) is 11.5 Å². The van der Waals surface area contributed by atoms with Crippen LogP contribution in [0.25, 0.3) is 0 Å². The Balaban J connectivity index is 2.96. The number of hydrazine groups is 1. The molecule has 4 N–H and O–H groups in total. The first kappa shape index (κ1) is 14.8. The van der Waals surface area contributed by atoms with Crippen LogP contribution in [-0.2, 0) is 9.59 Å². The van der Waals surface area contributed by atoms with Gasteiger partial charge in [-0.15, -0.1) is 0 Å². The predicted octanol–water partition coefficient (Wildman–Crippen LogP) is 0.412. The van der Waals surface area contributed by atoms with Crippen LogP contribution >= 0.6 is 0 Å². The molecule has 19 heavy (non-hydrogen) atoms. The van der Waals surface area contributed by atoms with Gasteiger partial charge < -0.3 is 14.8 Å². The Morgan fingerprint density at radius 2 is 1.84 bits per heavy atom. The molecule has 0 radical (unpaired) electrons. The summed E-state index contributed by atoms with van der Waals surface area (Å²) in [6, 6.07) is 4.95. The van der Waals surface area contributed by atoms with Crippen LogP contribution in [0.5, 0.6) is 11.5 Å². The lowest BCUT2D eigenvalue weighted by Crippen LogP contribution is -2.39. The van der Waals surface area contributed by atoms with Crippen LogP contribution in [0.3, 0.4) is 0 Å². The molecule has 1 aromatic carbocycles. The summed E-state index contributed by atoms with van der Waals surface area (Å²) in [5, 5.41) is 2.41. The van der Waals surface area contributed by atoms with E-state index in [-0.39, 0.29) is 0 Å². The largest absolute Gasteiger partial charge is 0.494 e. The molecule has 0 heterocycles. The number of nitrogens with two attached hydrogens (primary N) is 1. The van der Waals surface area contributed by atoms with E-state index in [0.29, 0.717) is 30.4 Å². The van der Waals surface area contributed by atoms with Crippen molar-refractivity contribution in [1.82, 2.24) is 5.43 Å². The number of amides is 2. The maximum absolute atomic E-state index is 11.5. The molecule has 0 unspecified atom stereocenters. The van der Waals surface area contributed by atoms with E-state index in [9.17, 15) is 9.59 Å². The van der Waals surface area contributed by atoms with Crippen molar-refractivity contribution in [2.75, 3.05) is 18.5 Å². The average molecular weight is 267 g/mol. The molecule has 1 aromatic rings. The van der Waals surface area contributed by atoms with E-state index >= 15 is 0 Å². The fourth-order valence-electron chi connectivity index (χ4n) is 1.39. The molecule has 0 bridgehead atoms. The van der Waals surface area contributed by atoms with Crippen molar-refractivity contribution in [2.45, 2.75) is 13.8 Å². The predicted molar refractivity (Wildman–Crippen MR) is 69.7 cm³/mol. The van der Waals surface area contributed by atoms with Crippen LogP contribution in [0, 0.1) is 0 Å². The molecule has 0 spiro atoms. The lowest BCUT2D eigenvalue weighted by Gasteiger charge is -2.13. The maximum atomic E-state index is 11.5. The van der Waals surface area contributed by atoms with Crippen LogP contribution in [0.4, 0.5) is 5.69 Å². The van der Waals surface area contributed by atoms with E-state index in [2.05, 4.69) is 5.32 Å². The van der Waals surface area contributed by atoms with E-state index in [1.165, 1.54) is 0 Å². The summed E-state index contributed by atoms with van der Waals surface area (Å²) in [6.07, 6.45) is 0. The Morgan fingerprint density at radius 1 is 1.16 bits per heavy atom. The maximum Gasteiger partial charge on any atom is 0.323 e. The lowest BCUT2D eigenvalue weighted by atomic mass is 10.2. The number of rotatable bonds is 5. The second-order valence-electron chi connectivity index (χ2n) is 3.45. The van der Waals surface area contributed by atoms with Gasteiger partial charge in [-0.05, 0) is 26.0 Å². The summed E-state index contributed by atoms with van der Waals surface area (Å²) in [4.78, 5) is 22.5. The molecule has 7 nitrogen and oxygen atoms in total. The molecule has 0 aliphatic heterocycles. The fourth-order valence-corrected chi connectivity index (χ4v) is 1.39. The van der Waals surface area contributed by atoms with Gasteiger partial charge in [-0.2, -0.15) is 0 Å². The zero-order chi connectivity index (χ0) is 14.3. The van der Waals surface area contributed by atoms with Gasteiger partial charge in [-0.25, -0.2) is 5.84 Å². The highest BCUT2D eigenvalue weighted by molar-refractivity contribution is 6.39. The Morgan fingerprint density at radius 3 is 2.42 bits per heavy atom. The van der Waals surface area contributed by atoms with Gasteiger partial charge in [0.15, 0.2) is 0 Å². The third-order valence-electron chi connectivity index (χ3n) is 2.15. The van der Waals surface area contributed by atoms with Gasteiger partial charge in [0.25, 0.3) is 0 Å². The monoisotopic (exact) mass is 267 g/mol. The number of nitrogens with one attached hydrogen (secondary N) is 2. The number of ether oxygens (including phenoxy) is 2. The van der Waals surface area contributed by atoms with Crippen molar-refractivity contribution in [3.05, 3.63) is 18.2 Å². The summed E-state index contributed by atoms with van der Waals surface area (Å²) in [7, 11) is 0. The zero-order valence-electron chi connectivity index (χ0n) is 10.9. The van der Waals surface area contributed by atoms with Gasteiger partial charge in [-0.3, -0.25) is 15.0 Å². The molecular formula is C12H17N3O4. The number of hydrogen-bond acceptors (Lipinski definition) is 5. The molecular weight excluding hydrogens is 250 g/mol. The molecule has 0 saturated heterocycles. The van der Waals surface area contributed by atoms with Crippen molar-refractivity contribution >= 4 is 17.5 Å². The highest BCUT2D eigenvalue weighted by Crippen LogP contribution is 2.29. The minimum atomic E-state index is -0.940. The molecule has 0 fully saturated rings. The molecule has 0 saturated carbocycles. The summed E-state index contributed by atoms with van der Waals surface area (Å²) < 4.78 is 10.7. The summed E-state index contributed by atoms with van der Waals surface area (Å²) in [5.41, 5.74) is 2.10. The highest BCUT2D eigenvalue weighted by atomic mass is 16.5. The van der Waals surface area contributed by atoms with Gasteiger partial charge in [0.05, 0.1) is 18.9 Å². The Hall–Kier alpha value is -2.28. The Labute approximate surface area is 111 Å². The van der Waals surface area contributed by atoms with E-state index in [1.807, 2.05) is 13.8 Å². The van der Waals surface area contributed by atoms with Crippen LogP contribution in [-0.4, -0.2) is 25.0 Å². The van der Waals surface area contributed by atoms with Crippen LogP contribution in [0.1, 0.15) is 13.8 Å². The number of carbonyl (C=O) groups excluding carboxylic acids is 2. The second-order valence-corrected chi connectivity index (χ2v) is 3.45. The molecule has 7 heteroatoms. The fraction of sp³-hybridized carbons (Fsp3) is 0.333. The molecule has 1 rings (SSSR count). The lowest BCUT2D eigenvalue weighted by molar-refractivity contribution is -0.136. The van der Waals surface area contributed by atoms with Crippen molar-refractivity contribution in [3.63, 3.8) is 0 Å². The van der Waals surface area contributed by atoms with Gasteiger partial charge in [0.2, 0.25) is 0 Å². The van der Waals surface area contributed by atoms with E-state index < -0.39 is 11.8 Å². The first-order chi connectivity index (χ1) is 9.12. The quantitative estimate of drug-likeness (QED) is 0.310. The van der Waals surface area contributed by atoms with Crippen LogP contribution in [0.2, 0.25) is 0 Å². The molecule has 0 atom stereocenters. The van der Waals surface area contributed by atoms with E-state index in [4.69, 9.17) is 15.3 Å². The topological polar surface area (TPSA) is 103 Å². The first-order valence-electron chi connectivity index (χ1n) is 5.83. The SMILES string of the molecule is CCOc1ccc(OCC)c(NC(=O)C(=O)NN)c1. The highest BCUT2D eigenvalue weighted by Gasteiger charge is 2.15. The number of benzene rings is 1. The molecule has 104 valence electrons.